The van der Waals surface area contributed by atoms with Gasteiger partial charge in [0.15, 0.2) is 0 Å². The highest BCUT2D eigenvalue weighted by atomic mass is 31.0. The van der Waals surface area contributed by atoms with Crippen molar-refractivity contribution in [3.05, 3.63) is 13.2 Å². The van der Waals surface area contributed by atoms with Gasteiger partial charge in [0.2, 0.25) is 0 Å². The molecule has 1 atom stereocenters. The first-order valence-electron chi connectivity index (χ1n) is 6.45. The molecule has 0 aromatic rings. The molecular weight excluding hydrogens is 243 g/mol. The molecule has 1 spiro atoms. The van der Waals surface area contributed by atoms with Gasteiger partial charge in [0, 0.05) is 11.8 Å². The van der Waals surface area contributed by atoms with Crippen LogP contribution < -0.4 is 0 Å². The van der Waals surface area contributed by atoms with E-state index in [1.54, 1.807) is 0 Å². The summed E-state index contributed by atoms with van der Waals surface area (Å²) in [5.74, 6) is 1.01. The zero-order valence-corrected chi connectivity index (χ0v) is 13.5. The summed E-state index contributed by atoms with van der Waals surface area (Å²) in [5, 5.41) is 0. The van der Waals surface area contributed by atoms with Crippen molar-refractivity contribution in [3.8, 4) is 0 Å². The van der Waals surface area contributed by atoms with Crippen LogP contribution in [0.15, 0.2) is 13.2 Å². The van der Waals surface area contributed by atoms with Gasteiger partial charge in [0.25, 0.3) is 0 Å². The van der Waals surface area contributed by atoms with Gasteiger partial charge in [-0.25, -0.2) is 0 Å². The molecule has 0 amide bonds. The predicted octanol–water partition coefficient (Wildman–Crippen LogP) is 3.61. The average molecular weight is 270 g/mol. The Bertz CT molecular complexity index is 327. The van der Waals surface area contributed by atoms with Crippen LogP contribution in [0.25, 0.3) is 0 Å². The van der Waals surface area contributed by atoms with Gasteiger partial charge in [-0.05, 0) is 24.2 Å². The number of carbonyl (C=O) groups excluding carboxylic acids is 2. The van der Waals surface area contributed by atoms with E-state index in [-0.39, 0.29) is 33.3 Å². The lowest BCUT2D eigenvalue weighted by Crippen LogP contribution is -2.46. The van der Waals surface area contributed by atoms with Crippen LogP contribution in [0.5, 0.6) is 0 Å². The molecule has 2 aliphatic rings. The van der Waals surface area contributed by atoms with Gasteiger partial charge in [0.1, 0.15) is 11.6 Å². The lowest BCUT2D eigenvalue weighted by molar-refractivity contribution is -0.137. The Balaban J connectivity index is 0.000000917. The third-order valence-corrected chi connectivity index (χ3v) is 4.78. The second kappa shape index (κ2) is 6.10. The minimum Gasteiger partial charge on any atom is -0.299 e. The van der Waals surface area contributed by atoms with Crippen molar-refractivity contribution in [2.45, 2.75) is 52.9 Å². The summed E-state index contributed by atoms with van der Waals surface area (Å²) in [6.45, 7) is 12.7. The minimum atomic E-state index is -0.214. The average Bonchev–Trinajstić information content (AvgIpc) is 2.54. The molecule has 0 heterocycles. The first-order valence-corrected chi connectivity index (χ1v) is 6.45. The largest absolute Gasteiger partial charge is 0.299 e. The summed E-state index contributed by atoms with van der Waals surface area (Å²) in [4.78, 5) is 23.0. The molecule has 0 bridgehead atoms. The Labute approximate surface area is 114 Å². The molecule has 18 heavy (non-hydrogen) atoms. The summed E-state index contributed by atoms with van der Waals surface area (Å²) in [5.41, 5.74) is 0.116. The number of carbonyl (C=O) groups is 2. The summed E-state index contributed by atoms with van der Waals surface area (Å²) < 4.78 is 0. The third kappa shape index (κ3) is 2.91. The molecule has 1 unspecified atom stereocenters. The van der Waals surface area contributed by atoms with Gasteiger partial charge in [-0.15, -0.1) is 13.2 Å². The van der Waals surface area contributed by atoms with Crippen molar-refractivity contribution in [1.82, 2.24) is 0 Å². The van der Waals surface area contributed by atoms with E-state index in [1.165, 1.54) is 0 Å². The lowest BCUT2D eigenvalue weighted by Gasteiger charge is -2.50. The predicted molar refractivity (Wildman–Crippen MR) is 80.8 cm³/mol. The maximum Gasteiger partial charge on any atom is 0.146 e. The molecular formula is C15H27O2P. The first kappa shape index (κ1) is 17.5. The van der Waals surface area contributed by atoms with Gasteiger partial charge in [-0.1, -0.05) is 27.2 Å². The molecule has 2 nitrogen and oxygen atoms in total. The van der Waals surface area contributed by atoms with Crippen LogP contribution in [0.1, 0.15) is 52.9 Å². The molecule has 104 valence electrons. The van der Waals surface area contributed by atoms with E-state index in [0.717, 1.165) is 19.3 Å². The van der Waals surface area contributed by atoms with Gasteiger partial charge in [-0.3, -0.25) is 9.59 Å². The summed E-state index contributed by atoms with van der Waals surface area (Å²) in [6.07, 6.45) is 3.80. The Morgan fingerprint density at radius 1 is 1.28 bits per heavy atom. The van der Waals surface area contributed by atoms with Gasteiger partial charge < -0.3 is 0 Å². The van der Waals surface area contributed by atoms with E-state index < -0.39 is 0 Å². The lowest BCUT2D eigenvalue weighted by atomic mass is 9.52. The summed E-state index contributed by atoms with van der Waals surface area (Å²) in [7, 11) is 0. The molecule has 2 fully saturated rings. The smallest absolute Gasteiger partial charge is 0.146 e. The second-order valence-electron chi connectivity index (χ2n) is 6.04. The summed E-state index contributed by atoms with van der Waals surface area (Å²) in [6, 6.07) is 0. The van der Waals surface area contributed by atoms with Crippen molar-refractivity contribution < 1.29 is 9.59 Å². The fraction of sp³-hybridized carbons (Fsp3) is 0.733. The zero-order chi connectivity index (χ0) is 13.3. The van der Waals surface area contributed by atoms with Crippen LogP contribution in [0.4, 0.5) is 0 Å². The number of hydrogen-bond donors (Lipinski definition) is 0. The highest BCUT2D eigenvalue weighted by molar-refractivity contribution is 6.92. The van der Waals surface area contributed by atoms with Gasteiger partial charge >= 0.3 is 0 Å². The molecule has 2 rings (SSSR count). The molecule has 2 aliphatic carbocycles. The van der Waals surface area contributed by atoms with Crippen LogP contribution in [0, 0.1) is 16.7 Å². The van der Waals surface area contributed by atoms with E-state index in [1.807, 2.05) is 0 Å². The molecule has 0 aliphatic heterocycles. The maximum atomic E-state index is 11.7. The Kier molecular flexibility index (Phi) is 5.94. The van der Waals surface area contributed by atoms with Crippen LogP contribution in [0.2, 0.25) is 0 Å². The molecule has 0 saturated heterocycles. The molecule has 0 N–H and O–H groups in total. The number of hydrogen-bond acceptors (Lipinski definition) is 2. The van der Waals surface area contributed by atoms with Gasteiger partial charge in [-0.2, -0.15) is 9.90 Å². The van der Waals surface area contributed by atoms with E-state index in [4.69, 9.17) is 0 Å². The van der Waals surface area contributed by atoms with Crippen molar-refractivity contribution in [2.75, 3.05) is 0 Å². The molecule has 0 aromatic heterocycles. The molecule has 2 saturated carbocycles. The fourth-order valence-electron chi connectivity index (χ4n) is 3.00. The highest BCUT2D eigenvalue weighted by Gasteiger charge is 2.57. The molecule has 3 heteroatoms. The van der Waals surface area contributed by atoms with E-state index >= 15 is 0 Å². The Morgan fingerprint density at radius 2 is 1.78 bits per heavy atom. The number of ketones is 2. The van der Waals surface area contributed by atoms with Crippen molar-refractivity contribution in [1.29, 1.82) is 0 Å². The highest BCUT2D eigenvalue weighted by Crippen LogP contribution is 2.58. The summed E-state index contributed by atoms with van der Waals surface area (Å²) >= 11 is 0. The van der Waals surface area contributed by atoms with Crippen molar-refractivity contribution in [2.24, 2.45) is 16.7 Å². The quantitative estimate of drug-likeness (QED) is 0.436. The Hall–Kier alpha value is -0.490. The monoisotopic (exact) mass is 270 g/mol. The van der Waals surface area contributed by atoms with Crippen LogP contribution in [-0.4, -0.2) is 11.6 Å². The van der Waals surface area contributed by atoms with E-state index in [9.17, 15) is 9.59 Å². The number of rotatable bonds is 2. The normalized spacial score (nSPS) is 30.3. The third-order valence-electron chi connectivity index (χ3n) is 4.78. The fourth-order valence-corrected chi connectivity index (χ4v) is 3.00. The standard InChI is InChI=1S/C13H20O2.C2H4.H3P/c1-4-12(2,3)9-6-13(7-9)8-10(14)5-11(13)15;1-2;/h9H,4-8H2,1-3H3;1-2H2;1H3. The molecule has 0 aromatic carbocycles. The van der Waals surface area contributed by atoms with Crippen molar-refractivity contribution in [3.63, 3.8) is 0 Å². The Morgan fingerprint density at radius 3 is 2.11 bits per heavy atom. The minimum absolute atomic E-state index is 0. The van der Waals surface area contributed by atoms with Gasteiger partial charge in [0.05, 0.1) is 6.42 Å². The van der Waals surface area contributed by atoms with Crippen LogP contribution in [-0.2, 0) is 9.59 Å². The topological polar surface area (TPSA) is 34.1 Å². The molecule has 0 radical (unpaired) electrons. The van der Waals surface area contributed by atoms with Crippen LogP contribution in [0.3, 0.4) is 0 Å². The SMILES string of the molecule is C=C.CCC(C)(C)C1CC2(CC(=O)CC2=O)C1.P. The maximum absolute atomic E-state index is 11.7. The van der Waals surface area contributed by atoms with E-state index in [0.29, 0.717) is 17.8 Å². The van der Waals surface area contributed by atoms with E-state index in [2.05, 4.69) is 33.9 Å². The van der Waals surface area contributed by atoms with Crippen molar-refractivity contribution >= 4 is 21.5 Å². The van der Waals surface area contributed by atoms with Crippen LogP contribution >= 0.6 is 9.90 Å². The number of Topliss-reactive ketones (excluding diaryl/α,β-unsaturated/α-hetero) is 2. The first-order chi connectivity index (χ1) is 7.89. The second-order valence-corrected chi connectivity index (χ2v) is 6.04. The zero-order valence-electron chi connectivity index (χ0n) is 12.1.